The van der Waals surface area contributed by atoms with Crippen molar-refractivity contribution < 1.29 is 9.47 Å². The van der Waals surface area contributed by atoms with Gasteiger partial charge in [0.25, 0.3) is 0 Å². The molecule has 0 N–H and O–H groups in total. The zero-order valence-corrected chi connectivity index (χ0v) is 13.8. The van der Waals surface area contributed by atoms with Crippen LogP contribution in [-0.2, 0) is 0 Å². The Balaban J connectivity index is 1.80. The van der Waals surface area contributed by atoms with E-state index in [2.05, 4.69) is 20.3 Å². The lowest BCUT2D eigenvalue weighted by Crippen LogP contribution is -1.92. The SMILES string of the molecule is COc1ccc(-c2nn3c(-c4ccncc4)nnc3s2)cc1OC. The zero-order valence-electron chi connectivity index (χ0n) is 13.0. The van der Waals surface area contributed by atoms with E-state index in [0.29, 0.717) is 17.3 Å². The Kier molecular flexibility index (Phi) is 3.58. The van der Waals surface area contributed by atoms with Crippen molar-refractivity contribution in [2.24, 2.45) is 0 Å². The van der Waals surface area contributed by atoms with Crippen molar-refractivity contribution in [2.75, 3.05) is 14.2 Å². The standard InChI is InChI=1S/C16H13N5O2S/c1-22-12-4-3-11(9-13(12)23-2)15-20-21-14(18-19-16(21)24-15)10-5-7-17-8-6-10/h3-9H,1-2H3. The topological polar surface area (TPSA) is 74.4 Å². The van der Waals surface area contributed by atoms with E-state index in [-0.39, 0.29) is 0 Å². The molecule has 0 saturated carbocycles. The molecule has 0 spiro atoms. The highest BCUT2D eigenvalue weighted by atomic mass is 32.1. The van der Waals surface area contributed by atoms with E-state index < -0.39 is 0 Å². The number of hydrogen-bond donors (Lipinski definition) is 0. The van der Waals surface area contributed by atoms with Gasteiger partial charge in [-0.3, -0.25) is 4.98 Å². The fourth-order valence-electron chi connectivity index (χ4n) is 2.38. The molecule has 0 atom stereocenters. The van der Waals surface area contributed by atoms with Gasteiger partial charge in [0.1, 0.15) is 5.01 Å². The second kappa shape index (κ2) is 5.89. The first-order chi connectivity index (χ1) is 11.8. The predicted molar refractivity (Wildman–Crippen MR) is 90.4 cm³/mol. The number of benzene rings is 1. The Morgan fingerprint density at radius 1 is 0.917 bits per heavy atom. The Hall–Kier alpha value is -3.00. The molecule has 0 radical (unpaired) electrons. The Morgan fingerprint density at radius 2 is 1.71 bits per heavy atom. The third kappa shape index (κ3) is 2.37. The van der Waals surface area contributed by atoms with Gasteiger partial charge in [-0.25, -0.2) is 0 Å². The molecule has 0 aliphatic heterocycles. The largest absolute Gasteiger partial charge is 0.493 e. The smallest absolute Gasteiger partial charge is 0.235 e. The average molecular weight is 339 g/mol. The van der Waals surface area contributed by atoms with Gasteiger partial charge in [0.2, 0.25) is 4.96 Å². The highest BCUT2D eigenvalue weighted by Gasteiger charge is 2.15. The molecule has 0 aliphatic rings. The van der Waals surface area contributed by atoms with Crippen LogP contribution >= 0.6 is 11.3 Å². The summed E-state index contributed by atoms with van der Waals surface area (Å²) >= 11 is 1.46. The lowest BCUT2D eigenvalue weighted by Gasteiger charge is -2.07. The van der Waals surface area contributed by atoms with Gasteiger partial charge in [-0.2, -0.15) is 9.61 Å². The number of fused-ring (bicyclic) bond motifs is 1. The lowest BCUT2D eigenvalue weighted by molar-refractivity contribution is 0.355. The first kappa shape index (κ1) is 14.6. The van der Waals surface area contributed by atoms with Gasteiger partial charge in [-0.05, 0) is 30.3 Å². The maximum atomic E-state index is 5.36. The molecular formula is C16H13N5O2S. The van der Waals surface area contributed by atoms with Crippen LogP contribution in [0, 0.1) is 0 Å². The van der Waals surface area contributed by atoms with Crippen molar-refractivity contribution in [3.8, 4) is 33.5 Å². The summed E-state index contributed by atoms with van der Waals surface area (Å²) < 4.78 is 12.4. The van der Waals surface area contributed by atoms with E-state index in [0.717, 1.165) is 21.1 Å². The van der Waals surface area contributed by atoms with Crippen molar-refractivity contribution in [3.63, 3.8) is 0 Å². The minimum absolute atomic E-state index is 0.662. The fourth-order valence-corrected chi connectivity index (χ4v) is 3.22. The molecular weight excluding hydrogens is 326 g/mol. The third-order valence-corrected chi connectivity index (χ3v) is 4.51. The number of ether oxygens (including phenoxy) is 2. The summed E-state index contributed by atoms with van der Waals surface area (Å²) in [6.45, 7) is 0. The van der Waals surface area contributed by atoms with E-state index in [1.807, 2.05) is 30.3 Å². The van der Waals surface area contributed by atoms with Crippen molar-refractivity contribution in [1.82, 2.24) is 24.8 Å². The first-order valence-electron chi connectivity index (χ1n) is 7.15. The monoisotopic (exact) mass is 339 g/mol. The number of hydrogen-bond acceptors (Lipinski definition) is 7. The van der Waals surface area contributed by atoms with Crippen molar-refractivity contribution in [2.45, 2.75) is 0 Å². The molecule has 4 aromatic rings. The van der Waals surface area contributed by atoms with E-state index in [1.165, 1.54) is 11.3 Å². The van der Waals surface area contributed by atoms with Gasteiger partial charge < -0.3 is 9.47 Å². The summed E-state index contributed by atoms with van der Waals surface area (Å²) in [5, 5.41) is 13.9. The Labute approximate surface area is 141 Å². The van der Waals surface area contributed by atoms with Crippen molar-refractivity contribution >= 4 is 16.3 Å². The molecule has 3 heterocycles. The molecule has 8 heteroatoms. The van der Waals surface area contributed by atoms with Gasteiger partial charge in [0.05, 0.1) is 14.2 Å². The molecule has 0 bridgehead atoms. The number of rotatable bonds is 4. The lowest BCUT2D eigenvalue weighted by atomic mass is 10.2. The molecule has 120 valence electrons. The summed E-state index contributed by atoms with van der Waals surface area (Å²) in [6, 6.07) is 9.47. The highest BCUT2D eigenvalue weighted by molar-refractivity contribution is 7.19. The minimum Gasteiger partial charge on any atom is -0.493 e. The van der Waals surface area contributed by atoms with Gasteiger partial charge in [0, 0.05) is 23.5 Å². The number of aromatic nitrogens is 5. The molecule has 0 unspecified atom stereocenters. The van der Waals surface area contributed by atoms with Crippen LogP contribution in [0.2, 0.25) is 0 Å². The Bertz CT molecular complexity index is 996. The Morgan fingerprint density at radius 3 is 2.46 bits per heavy atom. The number of pyridine rings is 1. The number of nitrogens with zero attached hydrogens (tertiary/aromatic N) is 5. The van der Waals surface area contributed by atoms with Crippen LogP contribution in [0.4, 0.5) is 0 Å². The zero-order chi connectivity index (χ0) is 16.5. The van der Waals surface area contributed by atoms with Gasteiger partial charge in [-0.15, -0.1) is 10.2 Å². The summed E-state index contributed by atoms with van der Waals surface area (Å²) in [5.41, 5.74) is 1.85. The molecule has 0 fully saturated rings. The van der Waals surface area contributed by atoms with Crippen LogP contribution in [0.5, 0.6) is 11.5 Å². The van der Waals surface area contributed by atoms with Gasteiger partial charge in [-0.1, -0.05) is 11.3 Å². The average Bonchev–Trinajstić information content (AvgIpc) is 3.22. The molecule has 24 heavy (non-hydrogen) atoms. The fraction of sp³-hybridized carbons (Fsp3) is 0.125. The molecule has 0 aliphatic carbocycles. The van der Waals surface area contributed by atoms with Crippen LogP contribution in [0.3, 0.4) is 0 Å². The maximum Gasteiger partial charge on any atom is 0.235 e. The molecule has 0 saturated heterocycles. The van der Waals surface area contributed by atoms with Crippen molar-refractivity contribution in [3.05, 3.63) is 42.7 Å². The molecule has 0 amide bonds. The molecule has 7 nitrogen and oxygen atoms in total. The summed E-state index contributed by atoms with van der Waals surface area (Å²) in [7, 11) is 3.23. The summed E-state index contributed by atoms with van der Waals surface area (Å²) in [5.74, 6) is 2.03. The molecule has 1 aromatic carbocycles. The molecule has 3 aromatic heterocycles. The van der Waals surface area contributed by atoms with Crippen LogP contribution < -0.4 is 9.47 Å². The normalized spacial score (nSPS) is 10.9. The van der Waals surface area contributed by atoms with E-state index in [4.69, 9.17) is 9.47 Å². The van der Waals surface area contributed by atoms with Crippen molar-refractivity contribution in [1.29, 1.82) is 0 Å². The summed E-state index contributed by atoms with van der Waals surface area (Å²) in [4.78, 5) is 4.75. The third-order valence-electron chi connectivity index (χ3n) is 3.56. The molecule has 4 rings (SSSR count). The van der Waals surface area contributed by atoms with E-state index in [9.17, 15) is 0 Å². The van der Waals surface area contributed by atoms with Crippen LogP contribution in [0.1, 0.15) is 0 Å². The van der Waals surface area contributed by atoms with E-state index in [1.54, 1.807) is 31.1 Å². The summed E-state index contributed by atoms with van der Waals surface area (Å²) in [6.07, 6.45) is 3.44. The maximum absolute atomic E-state index is 5.36. The second-order valence-corrected chi connectivity index (χ2v) is 5.89. The first-order valence-corrected chi connectivity index (χ1v) is 7.97. The van der Waals surface area contributed by atoms with Gasteiger partial charge in [0.15, 0.2) is 17.3 Å². The van der Waals surface area contributed by atoms with Gasteiger partial charge >= 0.3 is 0 Å². The predicted octanol–water partition coefficient (Wildman–Crippen LogP) is 2.93. The van der Waals surface area contributed by atoms with Crippen LogP contribution in [0.25, 0.3) is 26.9 Å². The number of methoxy groups -OCH3 is 2. The van der Waals surface area contributed by atoms with Crippen LogP contribution in [0.15, 0.2) is 42.7 Å². The minimum atomic E-state index is 0.662. The second-order valence-electron chi connectivity index (χ2n) is 4.93. The van der Waals surface area contributed by atoms with Crippen LogP contribution in [-0.4, -0.2) is 39.0 Å². The van der Waals surface area contributed by atoms with E-state index >= 15 is 0 Å². The highest BCUT2D eigenvalue weighted by Crippen LogP contribution is 2.34. The quantitative estimate of drug-likeness (QED) is 0.569.